The topological polar surface area (TPSA) is 111 Å². The molecule has 5 rings (SSSR count). The SMILES string of the molecule is CC(C)n1nc(N)c(Cl)c1C1(O)CC2CC(c3ncn(C)c3C(=O)Nc3ccc(F)c(Cl)c3)CC2C1. The molecule has 4 N–H and O–H groups in total. The Balaban J connectivity index is 1.35. The van der Waals surface area contributed by atoms with Gasteiger partial charge < -0.3 is 20.7 Å². The number of anilines is 2. The first-order chi connectivity index (χ1) is 17.0. The molecular formula is C25H29Cl2FN6O2. The highest BCUT2D eigenvalue weighted by atomic mass is 35.5. The summed E-state index contributed by atoms with van der Waals surface area (Å²) in [5.74, 6) is -0.0597. The molecule has 0 radical (unpaired) electrons. The highest BCUT2D eigenvalue weighted by molar-refractivity contribution is 6.33. The third-order valence-electron chi connectivity index (χ3n) is 7.59. The summed E-state index contributed by atoms with van der Waals surface area (Å²) in [4.78, 5) is 17.7. The molecule has 2 aromatic heterocycles. The van der Waals surface area contributed by atoms with Crippen LogP contribution >= 0.6 is 23.2 Å². The van der Waals surface area contributed by atoms with Gasteiger partial charge in [-0.05, 0) is 69.6 Å². The lowest BCUT2D eigenvalue weighted by Crippen LogP contribution is -2.28. The summed E-state index contributed by atoms with van der Waals surface area (Å²) in [6.07, 6.45) is 4.34. The number of nitrogens with zero attached hydrogens (tertiary/aromatic N) is 4. The van der Waals surface area contributed by atoms with Gasteiger partial charge in [0, 0.05) is 24.7 Å². The number of benzene rings is 1. The number of nitrogens with one attached hydrogen (secondary N) is 1. The number of fused-ring (bicyclic) bond motifs is 1. The number of hydrogen-bond acceptors (Lipinski definition) is 5. The van der Waals surface area contributed by atoms with Crippen LogP contribution in [0.15, 0.2) is 24.5 Å². The number of rotatable bonds is 5. The number of imidazole rings is 1. The molecule has 0 bridgehead atoms. The number of aryl methyl sites for hydroxylation is 1. The van der Waals surface area contributed by atoms with Crippen molar-refractivity contribution in [3.63, 3.8) is 0 Å². The summed E-state index contributed by atoms with van der Waals surface area (Å²) >= 11 is 12.4. The molecule has 2 fully saturated rings. The average Bonchev–Trinajstić information content (AvgIpc) is 3.52. The summed E-state index contributed by atoms with van der Waals surface area (Å²) in [6, 6.07) is 4.07. The van der Waals surface area contributed by atoms with Crippen LogP contribution in [0.2, 0.25) is 10.0 Å². The van der Waals surface area contributed by atoms with Gasteiger partial charge in [-0.1, -0.05) is 23.2 Å². The van der Waals surface area contributed by atoms with Crippen LogP contribution in [-0.4, -0.2) is 30.3 Å². The number of aliphatic hydroxyl groups is 1. The van der Waals surface area contributed by atoms with Crippen molar-refractivity contribution in [3.8, 4) is 0 Å². The Morgan fingerprint density at radius 1 is 1.28 bits per heavy atom. The van der Waals surface area contributed by atoms with Gasteiger partial charge in [-0.25, -0.2) is 9.37 Å². The second-order valence-electron chi connectivity index (χ2n) is 10.4. The third kappa shape index (κ3) is 4.17. The van der Waals surface area contributed by atoms with Crippen LogP contribution in [0, 0.1) is 17.7 Å². The molecule has 0 saturated heterocycles. The maximum absolute atomic E-state index is 13.5. The lowest BCUT2D eigenvalue weighted by atomic mass is 9.89. The predicted octanol–water partition coefficient (Wildman–Crippen LogP) is 5.27. The Kier molecular flexibility index (Phi) is 6.29. The van der Waals surface area contributed by atoms with Gasteiger partial charge >= 0.3 is 0 Å². The van der Waals surface area contributed by atoms with E-state index in [1.807, 2.05) is 13.8 Å². The van der Waals surface area contributed by atoms with E-state index >= 15 is 0 Å². The Morgan fingerprint density at radius 3 is 2.56 bits per heavy atom. The molecule has 2 unspecified atom stereocenters. The van der Waals surface area contributed by atoms with Crippen molar-refractivity contribution in [2.24, 2.45) is 18.9 Å². The fraction of sp³-hybridized carbons (Fsp3) is 0.480. The average molecular weight is 535 g/mol. The highest BCUT2D eigenvalue weighted by Crippen LogP contribution is 2.58. The minimum absolute atomic E-state index is 0.0117. The normalized spacial score (nSPS) is 25.5. The zero-order valence-electron chi connectivity index (χ0n) is 20.3. The van der Waals surface area contributed by atoms with Crippen molar-refractivity contribution in [1.82, 2.24) is 19.3 Å². The molecule has 3 aromatic rings. The zero-order chi connectivity index (χ0) is 25.9. The van der Waals surface area contributed by atoms with E-state index in [0.717, 1.165) is 18.5 Å². The lowest BCUT2D eigenvalue weighted by Gasteiger charge is -2.27. The molecule has 8 nitrogen and oxygen atoms in total. The smallest absolute Gasteiger partial charge is 0.274 e. The maximum Gasteiger partial charge on any atom is 0.274 e. The van der Waals surface area contributed by atoms with Gasteiger partial charge in [0.15, 0.2) is 5.82 Å². The summed E-state index contributed by atoms with van der Waals surface area (Å²) in [6.45, 7) is 3.96. The Hall–Kier alpha value is -2.62. The monoisotopic (exact) mass is 534 g/mol. The van der Waals surface area contributed by atoms with Crippen molar-refractivity contribution in [3.05, 3.63) is 57.5 Å². The van der Waals surface area contributed by atoms with E-state index < -0.39 is 11.4 Å². The molecule has 2 aliphatic carbocycles. The first-order valence-electron chi connectivity index (χ1n) is 12.0. The maximum atomic E-state index is 13.5. The standard InChI is InChI=1S/C25H29Cl2FN6O2/c1-12(2)34-22(19(27)23(29)32-34)25(36)9-14-6-13(7-15(14)10-25)20-21(33(3)11-30-20)24(35)31-16-4-5-18(28)17(26)8-16/h4-5,8,11-15,36H,6-7,9-10H2,1-3H3,(H2,29,32)(H,31,35). The third-order valence-corrected chi connectivity index (χ3v) is 8.26. The molecule has 0 aliphatic heterocycles. The number of hydrogen-bond donors (Lipinski definition) is 3. The minimum Gasteiger partial charge on any atom is -0.383 e. The van der Waals surface area contributed by atoms with Crippen molar-refractivity contribution in [1.29, 1.82) is 0 Å². The van der Waals surface area contributed by atoms with Crippen molar-refractivity contribution in [2.45, 2.75) is 57.1 Å². The largest absolute Gasteiger partial charge is 0.383 e. The number of nitrogens with two attached hydrogens (primary N) is 1. The molecule has 2 heterocycles. The van der Waals surface area contributed by atoms with Gasteiger partial charge in [-0.2, -0.15) is 5.10 Å². The molecule has 2 atom stereocenters. The quantitative estimate of drug-likeness (QED) is 0.412. The first-order valence-corrected chi connectivity index (χ1v) is 12.8. The fourth-order valence-corrected chi connectivity index (χ4v) is 6.57. The van der Waals surface area contributed by atoms with Crippen LogP contribution in [-0.2, 0) is 12.6 Å². The van der Waals surface area contributed by atoms with E-state index in [0.29, 0.717) is 34.9 Å². The van der Waals surface area contributed by atoms with Gasteiger partial charge in [0.1, 0.15) is 22.1 Å². The van der Waals surface area contributed by atoms with Crippen LogP contribution in [0.5, 0.6) is 0 Å². The molecule has 1 amide bonds. The van der Waals surface area contributed by atoms with Crippen LogP contribution in [0.4, 0.5) is 15.9 Å². The second kappa shape index (κ2) is 9.04. The van der Waals surface area contributed by atoms with E-state index in [9.17, 15) is 14.3 Å². The van der Waals surface area contributed by atoms with E-state index in [1.54, 1.807) is 22.6 Å². The minimum atomic E-state index is -1.10. The first kappa shape index (κ1) is 25.0. The number of carbonyl (C=O) groups is 1. The number of amides is 1. The van der Waals surface area contributed by atoms with Gasteiger partial charge in [0.25, 0.3) is 5.91 Å². The van der Waals surface area contributed by atoms with E-state index in [4.69, 9.17) is 28.9 Å². The molecule has 2 saturated carbocycles. The summed E-state index contributed by atoms with van der Waals surface area (Å²) in [5.41, 5.74) is 7.09. The van der Waals surface area contributed by atoms with Gasteiger partial charge in [0.2, 0.25) is 0 Å². The predicted molar refractivity (Wildman–Crippen MR) is 137 cm³/mol. The molecule has 192 valence electrons. The van der Waals surface area contributed by atoms with Gasteiger partial charge in [-0.15, -0.1) is 0 Å². The number of nitrogen functional groups attached to an aromatic ring is 1. The molecular weight excluding hydrogens is 506 g/mol. The summed E-state index contributed by atoms with van der Waals surface area (Å²) in [7, 11) is 1.77. The van der Waals surface area contributed by atoms with Crippen molar-refractivity contribution in [2.75, 3.05) is 11.1 Å². The fourth-order valence-electron chi connectivity index (χ4n) is 6.09. The Morgan fingerprint density at radius 2 is 1.94 bits per heavy atom. The van der Waals surface area contributed by atoms with Crippen LogP contribution in [0.25, 0.3) is 0 Å². The molecule has 2 aliphatic rings. The zero-order valence-corrected chi connectivity index (χ0v) is 21.8. The molecule has 1 aromatic carbocycles. The second-order valence-corrected chi connectivity index (χ2v) is 11.2. The van der Waals surface area contributed by atoms with Crippen LogP contribution in [0.1, 0.15) is 73.4 Å². The van der Waals surface area contributed by atoms with E-state index in [1.165, 1.54) is 18.2 Å². The van der Waals surface area contributed by atoms with E-state index in [2.05, 4.69) is 15.4 Å². The Bertz CT molecular complexity index is 1320. The van der Waals surface area contributed by atoms with Gasteiger partial charge in [0.05, 0.1) is 22.7 Å². The Labute approximate surface area is 218 Å². The molecule has 36 heavy (non-hydrogen) atoms. The van der Waals surface area contributed by atoms with Crippen molar-refractivity contribution >= 4 is 40.6 Å². The van der Waals surface area contributed by atoms with Crippen LogP contribution in [0.3, 0.4) is 0 Å². The van der Waals surface area contributed by atoms with Crippen LogP contribution < -0.4 is 11.1 Å². The van der Waals surface area contributed by atoms with Gasteiger partial charge in [-0.3, -0.25) is 9.48 Å². The number of aromatic nitrogens is 4. The lowest BCUT2D eigenvalue weighted by molar-refractivity contribution is 0.0243. The number of halogens is 3. The molecule has 11 heteroatoms. The van der Waals surface area contributed by atoms with Crippen molar-refractivity contribution < 1.29 is 14.3 Å². The summed E-state index contributed by atoms with van der Waals surface area (Å²) < 4.78 is 16.9. The summed E-state index contributed by atoms with van der Waals surface area (Å²) in [5, 5.41) is 19.1. The number of carbonyl (C=O) groups excluding carboxylic acids is 1. The van der Waals surface area contributed by atoms with E-state index in [-0.39, 0.29) is 40.5 Å². The molecule has 0 spiro atoms. The highest BCUT2D eigenvalue weighted by Gasteiger charge is 2.53.